The summed E-state index contributed by atoms with van der Waals surface area (Å²) in [7, 11) is 1.59. The molecule has 130 valence electrons. The summed E-state index contributed by atoms with van der Waals surface area (Å²) in [6, 6.07) is 5.45. The summed E-state index contributed by atoms with van der Waals surface area (Å²) in [6.45, 7) is 2.76. The molecule has 2 aliphatic heterocycles. The molecule has 0 spiro atoms. The molecule has 2 amide bonds. The van der Waals surface area contributed by atoms with Crippen molar-refractivity contribution in [3.8, 4) is 5.75 Å². The molecule has 0 aliphatic carbocycles. The van der Waals surface area contributed by atoms with Gasteiger partial charge >= 0.3 is 0 Å². The summed E-state index contributed by atoms with van der Waals surface area (Å²) < 4.78 is 5.37. The molecular weight excluding hydrogens is 306 g/mol. The molecule has 0 radical (unpaired) electrons. The van der Waals surface area contributed by atoms with Gasteiger partial charge in [0.1, 0.15) is 5.75 Å². The van der Waals surface area contributed by atoms with Crippen molar-refractivity contribution in [1.29, 1.82) is 0 Å². The molecule has 6 nitrogen and oxygen atoms in total. The Labute approximate surface area is 142 Å². The van der Waals surface area contributed by atoms with Crippen LogP contribution in [0.3, 0.4) is 0 Å². The van der Waals surface area contributed by atoms with Gasteiger partial charge in [0.25, 0.3) is 0 Å². The van der Waals surface area contributed by atoms with Crippen molar-refractivity contribution >= 4 is 23.2 Å². The minimum Gasteiger partial charge on any atom is -0.495 e. The summed E-state index contributed by atoms with van der Waals surface area (Å²) in [5.74, 6) is 1.38. The number of ether oxygens (including phenoxy) is 1. The molecule has 24 heavy (non-hydrogen) atoms. The molecule has 2 fully saturated rings. The van der Waals surface area contributed by atoms with Crippen molar-refractivity contribution in [2.75, 3.05) is 37.0 Å². The maximum atomic E-state index is 12.2. The molecule has 3 rings (SSSR count). The van der Waals surface area contributed by atoms with Gasteiger partial charge in [0, 0.05) is 25.1 Å². The Kier molecular flexibility index (Phi) is 5.35. The van der Waals surface area contributed by atoms with E-state index in [-0.39, 0.29) is 11.8 Å². The van der Waals surface area contributed by atoms with Gasteiger partial charge in [-0.05, 0) is 56.5 Å². The van der Waals surface area contributed by atoms with Crippen LogP contribution in [0.5, 0.6) is 5.75 Å². The van der Waals surface area contributed by atoms with Gasteiger partial charge in [-0.3, -0.25) is 9.59 Å². The Morgan fingerprint density at radius 2 is 2.33 bits per heavy atom. The minimum atomic E-state index is 0.0192. The fourth-order valence-electron chi connectivity index (χ4n) is 3.40. The highest BCUT2D eigenvalue weighted by atomic mass is 16.5. The highest BCUT2D eigenvalue weighted by molar-refractivity contribution is 5.98. The highest BCUT2D eigenvalue weighted by Crippen LogP contribution is 2.34. The molecule has 1 unspecified atom stereocenters. The number of amides is 2. The van der Waals surface area contributed by atoms with Gasteiger partial charge in [0.15, 0.2) is 0 Å². The first-order valence-corrected chi connectivity index (χ1v) is 8.66. The first-order chi connectivity index (χ1) is 11.7. The van der Waals surface area contributed by atoms with Crippen LogP contribution < -0.4 is 20.3 Å². The van der Waals surface area contributed by atoms with E-state index in [1.165, 1.54) is 0 Å². The number of nitrogens with one attached hydrogen (secondary N) is 2. The quantitative estimate of drug-likeness (QED) is 0.838. The maximum absolute atomic E-state index is 12.2. The highest BCUT2D eigenvalue weighted by Gasteiger charge is 2.25. The van der Waals surface area contributed by atoms with Crippen molar-refractivity contribution in [2.45, 2.75) is 32.1 Å². The Bertz CT molecular complexity index is 612. The van der Waals surface area contributed by atoms with E-state index < -0.39 is 0 Å². The number of carbonyl (C=O) groups excluding carboxylic acids is 2. The molecule has 2 aliphatic rings. The zero-order chi connectivity index (χ0) is 16.9. The van der Waals surface area contributed by atoms with Crippen molar-refractivity contribution in [3.05, 3.63) is 18.2 Å². The van der Waals surface area contributed by atoms with Gasteiger partial charge in [-0.1, -0.05) is 0 Å². The van der Waals surface area contributed by atoms with E-state index >= 15 is 0 Å². The van der Waals surface area contributed by atoms with E-state index in [9.17, 15) is 9.59 Å². The monoisotopic (exact) mass is 331 g/mol. The van der Waals surface area contributed by atoms with Gasteiger partial charge in [0.2, 0.25) is 11.8 Å². The predicted molar refractivity (Wildman–Crippen MR) is 93.4 cm³/mol. The van der Waals surface area contributed by atoms with Crippen molar-refractivity contribution in [1.82, 2.24) is 5.32 Å². The summed E-state index contributed by atoms with van der Waals surface area (Å²) >= 11 is 0. The van der Waals surface area contributed by atoms with E-state index in [0.717, 1.165) is 38.0 Å². The van der Waals surface area contributed by atoms with Crippen molar-refractivity contribution in [3.63, 3.8) is 0 Å². The number of hydrogen-bond acceptors (Lipinski definition) is 4. The first-order valence-electron chi connectivity index (χ1n) is 8.66. The van der Waals surface area contributed by atoms with Crippen molar-refractivity contribution < 1.29 is 14.3 Å². The summed E-state index contributed by atoms with van der Waals surface area (Å²) in [5, 5.41) is 6.26. The molecule has 1 aromatic carbocycles. The topological polar surface area (TPSA) is 70.7 Å². The van der Waals surface area contributed by atoms with Gasteiger partial charge < -0.3 is 20.3 Å². The van der Waals surface area contributed by atoms with Crippen LogP contribution in [0.15, 0.2) is 18.2 Å². The summed E-state index contributed by atoms with van der Waals surface area (Å²) in [5.41, 5.74) is 1.44. The van der Waals surface area contributed by atoms with E-state index in [4.69, 9.17) is 4.74 Å². The van der Waals surface area contributed by atoms with Crippen LogP contribution in [-0.2, 0) is 9.59 Å². The third kappa shape index (κ3) is 3.87. The Morgan fingerprint density at radius 3 is 3.00 bits per heavy atom. The largest absolute Gasteiger partial charge is 0.495 e. The standard InChI is InChI=1S/C18H25N3O3/c1-24-16-6-5-14(11-15(16)21-10-2-3-18(21)23)20-17(22)7-4-13-8-9-19-12-13/h5-6,11,13,19H,2-4,7-10,12H2,1H3,(H,20,22). The molecule has 2 N–H and O–H groups in total. The molecule has 1 atom stereocenters. The number of hydrogen-bond donors (Lipinski definition) is 2. The van der Waals surface area contributed by atoms with Crippen LogP contribution in [0.25, 0.3) is 0 Å². The van der Waals surface area contributed by atoms with Crippen molar-refractivity contribution in [2.24, 2.45) is 5.92 Å². The van der Waals surface area contributed by atoms with E-state index in [1.54, 1.807) is 18.1 Å². The first kappa shape index (κ1) is 16.8. The van der Waals surface area contributed by atoms with Gasteiger partial charge in [0.05, 0.1) is 12.8 Å². The Hall–Kier alpha value is -2.08. The second-order valence-corrected chi connectivity index (χ2v) is 6.48. The SMILES string of the molecule is COc1ccc(NC(=O)CCC2CCNC2)cc1N1CCCC1=O. The molecule has 0 bridgehead atoms. The molecule has 0 aromatic heterocycles. The van der Waals surface area contributed by atoms with E-state index in [0.29, 0.717) is 36.7 Å². The van der Waals surface area contributed by atoms with E-state index in [1.807, 2.05) is 12.1 Å². The maximum Gasteiger partial charge on any atom is 0.227 e. The third-order valence-corrected chi connectivity index (χ3v) is 4.77. The zero-order valence-corrected chi connectivity index (χ0v) is 14.1. The number of nitrogens with zero attached hydrogens (tertiary/aromatic N) is 1. The second kappa shape index (κ2) is 7.66. The number of methoxy groups -OCH3 is 1. The normalized spacial score (nSPS) is 20.5. The number of carbonyl (C=O) groups is 2. The average Bonchev–Trinajstić information content (AvgIpc) is 3.24. The number of rotatable bonds is 6. The van der Waals surface area contributed by atoms with Crippen LogP contribution >= 0.6 is 0 Å². The molecule has 1 aromatic rings. The minimum absolute atomic E-state index is 0.0192. The smallest absolute Gasteiger partial charge is 0.227 e. The lowest BCUT2D eigenvalue weighted by Crippen LogP contribution is -2.24. The number of benzene rings is 1. The predicted octanol–water partition coefficient (Wildman–Crippen LogP) is 2.15. The van der Waals surface area contributed by atoms with Gasteiger partial charge in [-0.15, -0.1) is 0 Å². The average molecular weight is 331 g/mol. The lowest BCUT2D eigenvalue weighted by atomic mass is 10.0. The molecule has 2 saturated heterocycles. The van der Waals surface area contributed by atoms with Gasteiger partial charge in [-0.25, -0.2) is 0 Å². The fraction of sp³-hybridized carbons (Fsp3) is 0.556. The van der Waals surface area contributed by atoms with Crippen LogP contribution in [0, 0.1) is 5.92 Å². The fourth-order valence-corrected chi connectivity index (χ4v) is 3.40. The molecular formula is C18H25N3O3. The lowest BCUT2D eigenvalue weighted by Gasteiger charge is -2.20. The Morgan fingerprint density at radius 1 is 1.46 bits per heavy atom. The Balaban J connectivity index is 1.64. The van der Waals surface area contributed by atoms with Gasteiger partial charge in [-0.2, -0.15) is 0 Å². The van der Waals surface area contributed by atoms with E-state index in [2.05, 4.69) is 10.6 Å². The molecule has 6 heteroatoms. The molecule has 2 heterocycles. The summed E-state index contributed by atoms with van der Waals surface area (Å²) in [6.07, 6.45) is 4.00. The van der Waals surface area contributed by atoms with Crippen LogP contribution in [0.4, 0.5) is 11.4 Å². The van der Waals surface area contributed by atoms with Crippen LogP contribution in [0.2, 0.25) is 0 Å². The lowest BCUT2D eigenvalue weighted by molar-refractivity contribution is -0.117. The van der Waals surface area contributed by atoms with Crippen LogP contribution in [0.1, 0.15) is 32.1 Å². The zero-order valence-electron chi connectivity index (χ0n) is 14.1. The van der Waals surface area contributed by atoms with Crippen LogP contribution in [-0.4, -0.2) is 38.6 Å². The second-order valence-electron chi connectivity index (χ2n) is 6.48. The molecule has 0 saturated carbocycles. The summed E-state index contributed by atoms with van der Waals surface area (Å²) in [4.78, 5) is 25.9. The third-order valence-electron chi connectivity index (χ3n) is 4.77. The number of anilines is 2.